The van der Waals surface area contributed by atoms with Crippen LogP contribution < -0.4 is 0 Å². The second kappa shape index (κ2) is 11.3. The molecule has 0 amide bonds. The van der Waals surface area contributed by atoms with Crippen LogP contribution in [0.1, 0.15) is 106 Å². The van der Waals surface area contributed by atoms with Gasteiger partial charge in [-0.15, -0.1) is 0 Å². The van der Waals surface area contributed by atoms with Crippen LogP contribution in [0.15, 0.2) is 37.4 Å². The number of imidazole rings is 2. The number of aldehydes is 1. The number of hydrogen-bond donors (Lipinski definition) is 0. The molecule has 11 atom stereocenters. The fourth-order valence-corrected chi connectivity index (χ4v) is 13.1. The van der Waals surface area contributed by atoms with Crippen molar-refractivity contribution < 1.29 is 23.9 Å². The van der Waals surface area contributed by atoms with E-state index in [1.807, 2.05) is 0 Å². The van der Waals surface area contributed by atoms with Crippen LogP contribution in [0.2, 0.25) is 0 Å². The van der Waals surface area contributed by atoms with Crippen molar-refractivity contribution in [2.24, 2.45) is 62.6 Å². The largest absolute Gasteiger partial charge is 0.448 e. The van der Waals surface area contributed by atoms with Crippen LogP contribution >= 0.6 is 0 Å². The lowest BCUT2D eigenvalue weighted by Gasteiger charge is -2.73. The molecule has 2 aromatic rings. The molecule has 2 heterocycles. The summed E-state index contributed by atoms with van der Waals surface area (Å²) in [6.07, 6.45) is 20.6. The number of nitrogens with zero attached hydrogens (tertiary/aromatic N) is 4. The second-order valence-electron chi connectivity index (χ2n) is 17.5. The quantitative estimate of drug-likeness (QED) is 0.303. The van der Waals surface area contributed by atoms with Crippen LogP contribution in [0.25, 0.3) is 0 Å². The van der Waals surface area contributed by atoms with Crippen molar-refractivity contribution in [3.8, 4) is 0 Å². The summed E-state index contributed by atoms with van der Waals surface area (Å²) in [5.74, 6) is 2.19. The minimum atomic E-state index is -0.369. The predicted molar refractivity (Wildman–Crippen MR) is 176 cm³/mol. The van der Waals surface area contributed by atoms with Crippen molar-refractivity contribution in [3.63, 3.8) is 0 Å². The van der Waals surface area contributed by atoms with Gasteiger partial charge >= 0.3 is 12.2 Å². The van der Waals surface area contributed by atoms with Gasteiger partial charge in [-0.05, 0) is 110 Å². The summed E-state index contributed by atoms with van der Waals surface area (Å²) in [6.45, 7) is 15.0. The van der Waals surface area contributed by atoms with Gasteiger partial charge in [0.05, 0.1) is 6.61 Å². The Kier molecular flexibility index (Phi) is 7.83. The van der Waals surface area contributed by atoms with Crippen LogP contribution in [0.4, 0.5) is 9.59 Å². The van der Waals surface area contributed by atoms with Crippen LogP contribution in [-0.4, -0.2) is 50.3 Å². The molecule has 2 aromatic heterocycles. The first-order valence-corrected chi connectivity index (χ1v) is 18.1. The highest BCUT2D eigenvalue weighted by Crippen LogP contribution is 2.77. The van der Waals surface area contributed by atoms with Crippen molar-refractivity contribution in [2.45, 2.75) is 112 Å². The van der Waals surface area contributed by atoms with E-state index < -0.39 is 0 Å². The van der Waals surface area contributed by atoms with Gasteiger partial charge in [-0.2, -0.15) is 0 Å². The van der Waals surface area contributed by atoms with E-state index in [1.165, 1.54) is 40.9 Å². The number of carbonyl (C=O) groups excluding carboxylic acids is 3. The van der Waals surface area contributed by atoms with Crippen molar-refractivity contribution in [1.29, 1.82) is 0 Å². The van der Waals surface area contributed by atoms with E-state index in [-0.39, 0.29) is 51.3 Å². The zero-order valence-corrected chi connectivity index (χ0v) is 29.2. The molecule has 7 rings (SSSR count). The lowest BCUT2D eigenvalue weighted by atomic mass is 9.32. The van der Waals surface area contributed by atoms with E-state index in [4.69, 9.17) is 9.47 Å². The Labute approximate surface area is 279 Å². The number of carbonyl (C=O) groups is 3. The van der Waals surface area contributed by atoms with E-state index in [0.717, 1.165) is 51.4 Å². The summed E-state index contributed by atoms with van der Waals surface area (Å²) in [5, 5.41) is 0. The number of fused-ring (bicyclic) bond motifs is 7. The second-order valence-corrected chi connectivity index (χ2v) is 17.5. The molecular weight excluding hydrogens is 592 g/mol. The number of hydrogen-bond acceptors (Lipinski definition) is 7. The summed E-state index contributed by atoms with van der Waals surface area (Å²) >= 11 is 0. The predicted octanol–water partition coefficient (Wildman–Crippen LogP) is 8.03. The summed E-state index contributed by atoms with van der Waals surface area (Å²) in [6, 6.07) is 0. The molecule has 0 radical (unpaired) electrons. The van der Waals surface area contributed by atoms with Crippen LogP contribution in [0.5, 0.6) is 0 Å². The molecule has 5 unspecified atom stereocenters. The summed E-state index contributed by atoms with van der Waals surface area (Å²) in [5.41, 5.74) is 0.217. The maximum absolute atomic E-state index is 13.0. The van der Waals surface area contributed by atoms with E-state index in [9.17, 15) is 14.4 Å². The highest BCUT2D eigenvalue weighted by Gasteiger charge is 2.71. The van der Waals surface area contributed by atoms with Gasteiger partial charge in [-0.3, -0.25) is 0 Å². The summed E-state index contributed by atoms with van der Waals surface area (Å²) in [7, 11) is 0. The Morgan fingerprint density at radius 2 is 1.53 bits per heavy atom. The maximum Gasteiger partial charge on any atom is 0.419 e. The zero-order valence-electron chi connectivity index (χ0n) is 29.2. The number of ether oxygens (including phenoxy) is 2. The molecule has 256 valence electrons. The summed E-state index contributed by atoms with van der Waals surface area (Å²) in [4.78, 5) is 46.3. The minimum Gasteiger partial charge on any atom is -0.448 e. The highest BCUT2D eigenvalue weighted by molar-refractivity contribution is 5.70. The monoisotopic (exact) mass is 646 g/mol. The standard InChI is InChI=1S/C38H54N4O5/c1-25(21-43)26-9-14-38(22-46-32(44)41-19-17-39-23-41)16-15-36(5)27(31(26)38)7-8-29-35(4)12-11-30(47-33(45)42-20-18-40-24-42)34(2,3)28(35)10-13-37(29,36)6/h17-21,23-31H,7-16,22H2,1-6H3/t25?,26-,27?,28?,29?,30-,31?,35-,36+,37+,38+/m0/s1. The molecule has 0 spiro atoms. The van der Waals surface area contributed by atoms with Gasteiger partial charge in [-0.25, -0.2) is 28.7 Å². The Bertz CT molecular complexity index is 1490. The third kappa shape index (κ3) is 4.71. The van der Waals surface area contributed by atoms with Gasteiger partial charge in [0.2, 0.25) is 0 Å². The Balaban J connectivity index is 1.16. The first-order valence-electron chi connectivity index (χ1n) is 18.1. The van der Waals surface area contributed by atoms with E-state index in [2.05, 4.69) is 51.5 Å². The molecule has 5 aliphatic rings. The van der Waals surface area contributed by atoms with Gasteiger partial charge in [0.1, 0.15) is 25.0 Å². The third-order valence-electron chi connectivity index (χ3n) is 15.6. The zero-order chi connectivity index (χ0) is 33.4. The lowest BCUT2D eigenvalue weighted by molar-refractivity contribution is -0.250. The number of rotatable bonds is 5. The van der Waals surface area contributed by atoms with Gasteiger partial charge < -0.3 is 14.3 Å². The molecule has 5 aliphatic carbocycles. The SMILES string of the molecule is CC(C=O)[C@@H]1CC[C@]2(COC(=O)n3ccnc3)CC[C@]3(C)C(CCC4[C@@]5(C)CC[C@H](OC(=O)n6ccnc6)C(C)(C)C5CC[C@]43C)C12. The van der Waals surface area contributed by atoms with Gasteiger partial charge in [-0.1, -0.05) is 41.5 Å². The van der Waals surface area contributed by atoms with Crippen molar-refractivity contribution in [3.05, 3.63) is 37.4 Å². The van der Waals surface area contributed by atoms with Crippen LogP contribution in [0, 0.1) is 62.6 Å². The van der Waals surface area contributed by atoms with Crippen LogP contribution in [-0.2, 0) is 14.3 Å². The average molecular weight is 647 g/mol. The van der Waals surface area contributed by atoms with Crippen LogP contribution in [0.3, 0.4) is 0 Å². The highest BCUT2D eigenvalue weighted by atomic mass is 16.6. The topological polar surface area (TPSA) is 105 Å². The Morgan fingerprint density at radius 3 is 2.19 bits per heavy atom. The molecule has 0 aromatic carbocycles. The average Bonchev–Trinajstić information content (AvgIpc) is 3.83. The van der Waals surface area contributed by atoms with E-state index in [0.29, 0.717) is 36.2 Å². The molecule has 9 nitrogen and oxygen atoms in total. The fourth-order valence-electron chi connectivity index (χ4n) is 13.1. The Morgan fingerprint density at radius 1 is 0.830 bits per heavy atom. The first kappa shape index (κ1) is 32.6. The maximum atomic E-state index is 13.0. The minimum absolute atomic E-state index is 0.00605. The molecule has 5 fully saturated rings. The normalized spacial score (nSPS) is 42.6. The summed E-state index contributed by atoms with van der Waals surface area (Å²) < 4.78 is 15.1. The van der Waals surface area contributed by atoms with Crippen molar-refractivity contribution in [2.75, 3.05) is 6.61 Å². The molecule has 9 heteroatoms. The molecule has 5 saturated carbocycles. The fraction of sp³-hybridized carbons (Fsp3) is 0.763. The molecule has 0 saturated heterocycles. The molecule has 47 heavy (non-hydrogen) atoms. The molecule has 0 N–H and O–H groups in total. The number of aromatic nitrogens is 4. The third-order valence-corrected chi connectivity index (χ3v) is 15.6. The van der Waals surface area contributed by atoms with Gasteiger partial charge in [0.25, 0.3) is 0 Å². The smallest absolute Gasteiger partial charge is 0.419 e. The molecule has 0 bridgehead atoms. The van der Waals surface area contributed by atoms with Crippen molar-refractivity contribution >= 4 is 18.5 Å². The van der Waals surface area contributed by atoms with E-state index >= 15 is 0 Å². The molecule has 0 aliphatic heterocycles. The first-order chi connectivity index (χ1) is 22.3. The van der Waals surface area contributed by atoms with Gasteiger partial charge in [0.15, 0.2) is 0 Å². The Hall–Kier alpha value is -2.97. The lowest BCUT2D eigenvalue weighted by Crippen LogP contribution is -2.67. The van der Waals surface area contributed by atoms with E-state index in [1.54, 1.807) is 24.8 Å². The van der Waals surface area contributed by atoms with Crippen molar-refractivity contribution in [1.82, 2.24) is 19.1 Å². The molecular formula is C38H54N4O5. The van der Waals surface area contributed by atoms with Gasteiger partial charge in [0, 0.05) is 41.5 Å².